The molecule has 0 saturated heterocycles. The van der Waals surface area contributed by atoms with Crippen LogP contribution >= 0.6 is 27.5 Å². The second kappa shape index (κ2) is 4.58. The first kappa shape index (κ1) is 12.6. The topological polar surface area (TPSA) is 28.7 Å². The van der Waals surface area contributed by atoms with Crippen LogP contribution in [-0.4, -0.2) is 9.97 Å². The van der Waals surface area contributed by atoms with E-state index in [-0.39, 0.29) is 0 Å². The zero-order chi connectivity index (χ0) is 13.6. The number of aromatic nitrogens is 2. The highest BCUT2D eigenvalue weighted by atomic mass is 79.9. The second-order valence-electron chi connectivity index (χ2n) is 3.97. The molecule has 0 spiro atoms. The maximum atomic E-state index is 13.1. The van der Waals surface area contributed by atoms with Gasteiger partial charge in [-0.3, -0.25) is 0 Å². The molecule has 0 amide bonds. The molecule has 0 unspecified atom stereocenters. The molecule has 3 rings (SSSR count). The molecule has 3 aromatic rings. The molecule has 0 aliphatic rings. The molecule has 0 saturated carbocycles. The van der Waals surface area contributed by atoms with E-state index in [2.05, 4.69) is 25.9 Å². The molecule has 1 N–H and O–H groups in total. The molecule has 2 nitrogen and oxygen atoms in total. The van der Waals surface area contributed by atoms with Gasteiger partial charge >= 0.3 is 0 Å². The van der Waals surface area contributed by atoms with Crippen molar-refractivity contribution >= 4 is 38.6 Å². The summed E-state index contributed by atoms with van der Waals surface area (Å²) in [5.41, 5.74) is 1.43. The lowest BCUT2D eigenvalue weighted by molar-refractivity contribution is 0.510. The van der Waals surface area contributed by atoms with Gasteiger partial charge in [0.25, 0.3) is 0 Å². The van der Waals surface area contributed by atoms with E-state index in [0.717, 1.165) is 16.6 Å². The second-order valence-corrected chi connectivity index (χ2v) is 5.20. The highest BCUT2D eigenvalue weighted by Gasteiger charge is 2.13. The van der Waals surface area contributed by atoms with Gasteiger partial charge in [-0.1, -0.05) is 17.7 Å². The number of benzene rings is 2. The predicted octanol–water partition coefficient (Wildman–Crippen LogP) is 4.92. The predicted molar refractivity (Wildman–Crippen MR) is 74.2 cm³/mol. The Morgan fingerprint density at radius 2 is 1.89 bits per heavy atom. The smallest absolute Gasteiger partial charge is 0.161 e. The summed E-state index contributed by atoms with van der Waals surface area (Å²) in [4.78, 5) is 7.14. The minimum atomic E-state index is -0.925. The molecule has 1 heterocycles. The number of rotatable bonds is 1. The Balaban J connectivity index is 2.23. The van der Waals surface area contributed by atoms with Crippen molar-refractivity contribution in [3.05, 3.63) is 51.5 Å². The average molecular weight is 344 g/mol. The Labute approximate surface area is 120 Å². The van der Waals surface area contributed by atoms with Gasteiger partial charge in [0, 0.05) is 22.2 Å². The summed E-state index contributed by atoms with van der Waals surface area (Å²) in [7, 11) is 0. The van der Waals surface area contributed by atoms with Crippen LogP contribution in [0.2, 0.25) is 5.02 Å². The van der Waals surface area contributed by atoms with Crippen molar-refractivity contribution in [3.8, 4) is 11.4 Å². The normalized spacial score (nSPS) is 11.2. The van der Waals surface area contributed by atoms with Crippen LogP contribution < -0.4 is 0 Å². The van der Waals surface area contributed by atoms with E-state index in [4.69, 9.17) is 11.6 Å². The first-order chi connectivity index (χ1) is 9.06. The van der Waals surface area contributed by atoms with Crippen molar-refractivity contribution in [2.75, 3.05) is 0 Å². The summed E-state index contributed by atoms with van der Waals surface area (Å²) in [5.74, 6) is -1.37. The number of H-pyrrole nitrogens is 1. The maximum Gasteiger partial charge on any atom is 0.161 e. The van der Waals surface area contributed by atoms with Crippen molar-refractivity contribution in [2.24, 2.45) is 0 Å². The SMILES string of the molecule is Fc1cc2nc(-c3cccc(Br)c3Cl)[nH]c2cc1F. The fraction of sp³-hybridized carbons (Fsp3) is 0. The number of aromatic amines is 1. The minimum Gasteiger partial charge on any atom is -0.338 e. The van der Waals surface area contributed by atoms with Crippen molar-refractivity contribution in [1.29, 1.82) is 0 Å². The highest BCUT2D eigenvalue weighted by molar-refractivity contribution is 9.10. The van der Waals surface area contributed by atoms with Crippen LogP contribution in [-0.2, 0) is 0 Å². The molecular weight excluding hydrogens is 338 g/mol. The third kappa shape index (κ3) is 2.13. The van der Waals surface area contributed by atoms with Gasteiger partial charge in [0.2, 0.25) is 0 Å². The number of nitrogens with one attached hydrogen (secondary N) is 1. The monoisotopic (exact) mass is 342 g/mol. The molecule has 0 fully saturated rings. The van der Waals surface area contributed by atoms with Gasteiger partial charge in [-0.15, -0.1) is 0 Å². The number of nitrogens with zero attached hydrogens (tertiary/aromatic N) is 1. The van der Waals surface area contributed by atoms with Crippen molar-refractivity contribution in [2.45, 2.75) is 0 Å². The van der Waals surface area contributed by atoms with Crippen LogP contribution in [0.15, 0.2) is 34.8 Å². The van der Waals surface area contributed by atoms with Crippen LogP contribution in [0.3, 0.4) is 0 Å². The van der Waals surface area contributed by atoms with Crippen molar-refractivity contribution < 1.29 is 8.78 Å². The average Bonchev–Trinajstić information content (AvgIpc) is 2.76. The third-order valence-electron chi connectivity index (χ3n) is 2.73. The van der Waals surface area contributed by atoms with E-state index in [1.165, 1.54) is 0 Å². The van der Waals surface area contributed by atoms with Crippen LogP contribution in [0.25, 0.3) is 22.4 Å². The molecule has 2 aromatic carbocycles. The zero-order valence-corrected chi connectivity index (χ0v) is 11.7. The summed E-state index contributed by atoms with van der Waals surface area (Å²) in [6.07, 6.45) is 0. The molecular formula is C13H6BrClF2N2. The molecule has 0 aliphatic carbocycles. The number of fused-ring (bicyclic) bond motifs is 1. The van der Waals surface area contributed by atoms with Crippen LogP contribution in [0.5, 0.6) is 0 Å². The number of imidazole rings is 1. The molecule has 0 bridgehead atoms. The van der Waals surface area contributed by atoms with E-state index in [0.29, 0.717) is 27.4 Å². The zero-order valence-electron chi connectivity index (χ0n) is 9.35. The number of hydrogen-bond donors (Lipinski definition) is 1. The molecule has 1 aromatic heterocycles. The molecule has 19 heavy (non-hydrogen) atoms. The summed E-state index contributed by atoms with van der Waals surface area (Å²) in [6, 6.07) is 7.51. The summed E-state index contributed by atoms with van der Waals surface area (Å²) in [5, 5.41) is 0.488. The van der Waals surface area contributed by atoms with Crippen molar-refractivity contribution in [1.82, 2.24) is 9.97 Å². The standard InChI is InChI=1S/C13H6BrClF2N2/c14-7-3-1-2-6(12(7)15)13-18-10-4-8(16)9(17)5-11(10)19-13/h1-5H,(H,18,19). The first-order valence-corrected chi connectivity index (χ1v) is 6.52. The molecule has 96 valence electrons. The molecule has 0 radical (unpaired) electrons. The quantitative estimate of drug-likeness (QED) is 0.667. The lowest BCUT2D eigenvalue weighted by Gasteiger charge is -2.01. The lowest BCUT2D eigenvalue weighted by Crippen LogP contribution is -1.82. The largest absolute Gasteiger partial charge is 0.338 e. The highest BCUT2D eigenvalue weighted by Crippen LogP contribution is 2.33. The van der Waals surface area contributed by atoms with Gasteiger partial charge in [-0.05, 0) is 28.1 Å². The number of halogens is 4. The summed E-state index contributed by atoms with van der Waals surface area (Å²) in [6.45, 7) is 0. The third-order valence-corrected chi connectivity index (χ3v) is 4.03. The Bertz CT molecular complexity index is 747. The van der Waals surface area contributed by atoms with E-state index in [9.17, 15) is 8.78 Å². The van der Waals surface area contributed by atoms with Crippen molar-refractivity contribution in [3.63, 3.8) is 0 Å². The Hall–Kier alpha value is -1.46. The van der Waals surface area contributed by atoms with E-state index < -0.39 is 11.6 Å². The Morgan fingerprint density at radius 1 is 1.16 bits per heavy atom. The Morgan fingerprint density at radius 3 is 2.68 bits per heavy atom. The molecule has 6 heteroatoms. The van der Waals surface area contributed by atoms with Crippen LogP contribution in [0.4, 0.5) is 8.78 Å². The minimum absolute atomic E-state index is 0.352. The summed E-state index contributed by atoms with van der Waals surface area (Å²) >= 11 is 9.48. The first-order valence-electron chi connectivity index (χ1n) is 5.35. The lowest BCUT2D eigenvalue weighted by atomic mass is 10.2. The Kier molecular flexibility index (Phi) is 3.03. The molecule has 0 aliphatic heterocycles. The van der Waals surface area contributed by atoms with Gasteiger partial charge in [0.1, 0.15) is 5.82 Å². The molecule has 0 atom stereocenters. The van der Waals surface area contributed by atoms with Gasteiger partial charge in [-0.2, -0.15) is 0 Å². The fourth-order valence-corrected chi connectivity index (χ4v) is 2.40. The maximum absolute atomic E-state index is 13.1. The van der Waals surface area contributed by atoms with E-state index >= 15 is 0 Å². The van der Waals surface area contributed by atoms with Crippen LogP contribution in [0.1, 0.15) is 0 Å². The van der Waals surface area contributed by atoms with E-state index in [1.807, 2.05) is 0 Å². The fourth-order valence-electron chi connectivity index (χ4n) is 1.82. The number of hydrogen-bond acceptors (Lipinski definition) is 1. The summed E-state index contributed by atoms with van der Waals surface area (Å²) < 4.78 is 27.0. The van der Waals surface area contributed by atoms with E-state index in [1.54, 1.807) is 18.2 Å². The van der Waals surface area contributed by atoms with Gasteiger partial charge in [0.15, 0.2) is 11.6 Å². The van der Waals surface area contributed by atoms with Crippen LogP contribution in [0, 0.1) is 11.6 Å². The van der Waals surface area contributed by atoms with Gasteiger partial charge in [0.05, 0.1) is 16.1 Å². The van der Waals surface area contributed by atoms with Gasteiger partial charge < -0.3 is 4.98 Å². The van der Waals surface area contributed by atoms with Gasteiger partial charge in [-0.25, -0.2) is 13.8 Å².